The molecule has 0 unspecified atom stereocenters. The minimum atomic E-state index is -0.0200. The van der Waals surface area contributed by atoms with Crippen LogP contribution in [0, 0.1) is 6.92 Å². The molecule has 2 rings (SSSR count). The maximum absolute atomic E-state index is 12.0. The SMILES string of the molecule is COC1CCN(C(=O)Nc2ccc(C)cc2)CC1. The van der Waals surface area contributed by atoms with Crippen molar-refractivity contribution in [1.82, 2.24) is 4.90 Å². The van der Waals surface area contributed by atoms with Crippen molar-refractivity contribution in [2.45, 2.75) is 25.9 Å². The molecule has 1 saturated heterocycles. The number of anilines is 1. The molecular weight excluding hydrogens is 228 g/mol. The quantitative estimate of drug-likeness (QED) is 0.874. The number of methoxy groups -OCH3 is 1. The number of benzene rings is 1. The lowest BCUT2D eigenvalue weighted by Crippen LogP contribution is -2.42. The molecule has 1 fully saturated rings. The van der Waals surface area contributed by atoms with Crippen LogP contribution in [0.3, 0.4) is 0 Å². The van der Waals surface area contributed by atoms with Crippen molar-refractivity contribution in [3.63, 3.8) is 0 Å². The number of hydrogen-bond acceptors (Lipinski definition) is 2. The Balaban J connectivity index is 1.87. The molecule has 0 spiro atoms. The molecule has 0 aromatic heterocycles. The Kier molecular flexibility index (Phi) is 4.20. The van der Waals surface area contributed by atoms with E-state index in [4.69, 9.17) is 4.74 Å². The summed E-state index contributed by atoms with van der Waals surface area (Å²) in [5, 5.41) is 2.92. The largest absolute Gasteiger partial charge is 0.381 e. The maximum atomic E-state index is 12.0. The van der Waals surface area contributed by atoms with Crippen molar-refractivity contribution in [2.75, 3.05) is 25.5 Å². The van der Waals surface area contributed by atoms with Crippen molar-refractivity contribution < 1.29 is 9.53 Å². The molecule has 1 heterocycles. The zero-order valence-corrected chi connectivity index (χ0v) is 11.0. The fraction of sp³-hybridized carbons (Fsp3) is 0.500. The number of aryl methyl sites for hydroxylation is 1. The number of rotatable bonds is 2. The van der Waals surface area contributed by atoms with E-state index >= 15 is 0 Å². The van der Waals surface area contributed by atoms with Gasteiger partial charge in [0.25, 0.3) is 0 Å². The lowest BCUT2D eigenvalue weighted by atomic mass is 10.1. The summed E-state index contributed by atoms with van der Waals surface area (Å²) in [6.45, 7) is 3.55. The third kappa shape index (κ3) is 3.23. The molecule has 1 aromatic carbocycles. The number of hydrogen-bond donors (Lipinski definition) is 1. The highest BCUT2D eigenvalue weighted by Gasteiger charge is 2.22. The van der Waals surface area contributed by atoms with Gasteiger partial charge in [0, 0.05) is 25.9 Å². The van der Waals surface area contributed by atoms with Crippen LogP contribution in [0.1, 0.15) is 18.4 Å². The Morgan fingerprint density at radius 2 is 1.89 bits per heavy atom. The molecule has 0 aliphatic carbocycles. The van der Waals surface area contributed by atoms with Gasteiger partial charge in [-0.1, -0.05) is 17.7 Å². The van der Waals surface area contributed by atoms with Crippen molar-refractivity contribution in [1.29, 1.82) is 0 Å². The molecule has 4 heteroatoms. The van der Waals surface area contributed by atoms with E-state index in [1.807, 2.05) is 36.1 Å². The zero-order chi connectivity index (χ0) is 13.0. The Morgan fingerprint density at radius 3 is 2.44 bits per heavy atom. The van der Waals surface area contributed by atoms with Crippen LogP contribution in [-0.2, 0) is 4.74 Å². The molecule has 4 nitrogen and oxygen atoms in total. The van der Waals surface area contributed by atoms with E-state index in [9.17, 15) is 4.79 Å². The number of nitrogens with zero attached hydrogens (tertiary/aromatic N) is 1. The minimum absolute atomic E-state index is 0.0200. The summed E-state index contributed by atoms with van der Waals surface area (Å²) in [5.41, 5.74) is 2.04. The molecule has 1 aliphatic heterocycles. The minimum Gasteiger partial charge on any atom is -0.381 e. The topological polar surface area (TPSA) is 41.6 Å². The predicted octanol–water partition coefficient (Wildman–Crippen LogP) is 2.64. The first-order valence-electron chi connectivity index (χ1n) is 6.34. The highest BCUT2D eigenvalue weighted by Crippen LogP contribution is 2.15. The van der Waals surface area contributed by atoms with Gasteiger partial charge in [0.15, 0.2) is 0 Å². The van der Waals surface area contributed by atoms with Gasteiger partial charge in [-0.25, -0.2) is 4.79 Å². The van der Waals surface area contributed by atoms with Gasteiger partial charge in [-0.05, 0) is 31.9 Å². The number of carbonyl (C=O) groups is 1. The standard InChI is InChI=1S/C14H20N2O2/c1-11-3-5-12(6-4-11)15-14(17)16-9-7-13(18-2)8-10-16/h3-6,13H,7-10H2,1-2H3,(H,15,17). The highest BCUT2D eigenvalue weighted by molar-refractivity contribution is 5.89. The van der Waals surface area contributed by atoms with Crippen LogP contribution >= 0.6 is 0 Å². The van der Waals surface area contributed by atoms with Crippen LogP contribution in [0.2, 0.25) is 0 Å². The fourth-order valence-electron chi connectivity index (χ4n) is 2.13. The Labute approximate surface area is 108 Å². The van der Waals surface area contributed by atoms with Gasteiger partial charge in [0.1, 0.15) is 0 Å². The van der Waals surface area contributed by atoms with E-state index in [1.165, 1.54) is 5.56 Å². The molecule has 98 valence electrons. The smallest absolute Gasteiger partial charge is 0.321 e. The summed E-state index contributed by atoms with van der Waals surface area (Å²) in [6.07, 6.45) is 2.13. The summed E-state index contributed by atoms with van der Waals surface area (Å²) < 4.78 is 5.29. The van der Waals surface area contributed by atoms with Crippen LogP contribution in [0.15, 0.2) is 24.3 Å². The first kappa shape index (κ1) is 12.9. The number of amides is 2. The van der Waals surface area contributed by atoms with Gasteiger partial charge in [0.2, 0.25) is 0 Å². The summed E-state index contributed by atoms with van der Waals surface area (Å²) in [7, 11) is 1.73. The summed E-state index contributed by atoms with van der Waals surface area (Å²) in [5.74, 6) is 0. The normalized spacial score (nSPS) is 16.7. The second kappa shape index (κ2) is 5.87. The van der Waals surface area contributed by atoms with Crippen LogP contribution in [0.4, 0.5) is 10.5 Å². The summed E-state index contributed by atoms with van der Waals surface area (Å²) >= 11 is 0. The second-order valence-corrected chi connectivity index (χ2v) is 4.72. The lowest BCUT2D eigenvalue weighted by Gasteiger charge is -2.31. The van der Waals surface area contributed by atoms with Crippen LogP contribution in [0.5, 0.6) is 0 Å². The van der Waals surface area contributed by atoms with E-state index < -0.39 is 0 Å². The molecule has 1 aliphatic rings. The van der Waals surface area contributed by atoms with Crippen molar-refractivity contribution in [3.05, 3.63) is 29.8 Å². The molecule has 0 saturated carbocycles. The van der Waals surface area contributed by atoms with Crippen LogP contribution in [-0.4, -0.2) is 37.2 Å². The van der Waals surface area contributed by atoms with Gasteiger partial charge >= 0.3 is 6.03 Å². The third-order valence-corrected chi connectivity index (χ3v) is 3.37. The van der Waals surface area contributed by atoms with E-state index in [-0.39, 0.29) is 6.03 Å². The first-order chi connectivity index (χ1) is 8.69. The number of piperidine rings is 1. The van der Waals surface area contributed by atoms with Crippen molar-refractivity contribution in [2.24, 2.45) is 0 Å². The molecule has 0 bridgehead atoms. The maximum Gasteiger partial charge on any atom is 0.321 e. The van der Waals surface area contributed by atoms with Crippen LogP contribution in [0.25, 0.3) is 0 Å². The number of carbonyl (C=O) groups excluding carboxylic acids is 1. The van der Waals surface area contributed by atoms with Gasteiger partial charge in [-0.3, -0.25) is 0 Å². The lowest BCUT2D eigenvalue weighted by molar-refractivity contribution is 0.0521. The third-order valence-electron chi connectivity index (χ3n) is 3.37. The van der Waals surface area contributed by atoms with Crippen LogP contribution < -0.4 is 5.32 Å². The molecule has 0 radical (unpaired) electrons. The second-order valence-electron chi connectivity index (χ2n) is 4.72. The molecule has 18 heavy (non-hydrogen) atoms. The number of ether oxygens (including phenoxy) is 1. The van der Waals surface area contributed by atoms with E-state index in [0.29, 0.717) is 6.10 Å². The molecule has 0 atom stereocenters. The first-order valence-corrected chi connectivity index (χ1v) is 6.34. The number of likely N-dealkylation sites (tertiary alicyclic amines) is 1. The van der Waals surface area contributed by atoms with Gasteiger partial charge < -0.3 is 15.0 Å². The molecular formula is C14H20N2O2. The molecule has 1 aromatic rings. The van der Waals surface area contributed by atoms with Gasteiger partial charge in [0.05, 0.1) is 6.10 Å². The number of urea groups is 1. The van der Waals surface area contributed by atoms with Crippen molar-refractivity contribution >= 4 is 11.7 Å². The highest BCUT2D eigenvalue weighted by atomic mass is 16.5. The fourth-order valence-corrected chi connectivity index (χ4v) is 2.13. The zero-order valence-electron chi connectivity index (χ0n) is 11.0. The summed E-state index contributed by atoms with van der Waals surface area (Å²) in [4.78, 5) is 13.9. The van der Waals surface area contributed by atoms with Gasteiger partial charge in [-0.2, -0.15) is 0 Å². The Bertz CT molecular complexity index is 395. The van der Waals surface area contributed by atoms with E-state index in [2.05, 4.69) is 5.32 Å². The number of nitrogens with one attached hydrogen (secondary N) is 1. The van der Waals surface area contributed by atoms with Gasteiger partial charge in [-0.15, -0.1) is 0 Å². The Hall–Kier alpha value is -1.55. The predicted molar refractivity (Wildman–Crippen MR) is 71.8 cm³/mol. The monoisotopic (exact) mass is 248 g/mol. The molecule has 1 N–H and O–H groups in total. The van der Waals surface area contributed by atoms with E-state index in [1.54, 1.807) is 7.11 Å². The summed E-state index contributed by atoms with van der Waals surface area (Å²) in [6, 6.07) is 7.82. The average molecular weight is 248 g/mol. The molecule has 2 amide bonds. The average Bonchev–Trinajstić information content (AvgIpc) is 2.41. The van der Waals surface area contributed by atoms with E-state index in [0.717, 1.165) is 31.6 Å². The Morgan fingerprint density at radius 1 is 1.28 bits per heavy atom. The van der Waals surface area contributed by atoms with Crippen molar-refractivity contribution in [3.8, 4) is 0 Å².